The normalized spacial score (nSPS) is 25.3. The van der Waals surface area contributed by atoms with E-state index in [1.807, 2.05) is 6.92 Å². The Labute approximate surface area is 162 Å². The first-order valence-electron chi connectivity index (χ1n) is 10.1. The van der Waals surface area contributed by atoms with Crippen molar-refractivity contribution in [2.75, 3.05) is 18.4 Å². The van der Waals surface area contributed by atoms with E-state index in [0.29, 0.717) is 30.7 Å². The summed E-state index contributed by atoms with van der Waals surface area (Å²) < 4.78 is 26.7. The Hall–Kier alpha value is -1.44. The van der Waals surface area contributed by atoms with Gasteiger partial charge in [0.05, 0.1) is 10.9 Å². The molecule has 1 saturated carbocycles. The van der Waals surface area contributed by atoms with Crippen LogP contribution in [0.4, 0.5) is 5.69 Å². The van der Waals surface area contributed by atoms with Gasteiger partial charge in [0.25, 0.3) is 5.91 Å². The molecular weight excluding hydrogens is 362 g/mol. The number of hydrogen-bond acceptors (Lipinski definition) is 3. The largest absolute Gasteiger partial charge is 0.334 e. The molecule has 1 amide bonds. The standard InChI is InChI=1S/C20H31N3O3S/c1-15-7-3-4-8-19(15)21-16(2)20(24)22-17-9-11-18(12-10-17)27(25,26)23-13-5-6-14-23/h9-12,15-16,19,21H,3-8,13-14H2,1-2H3,(H,22,24)/p+1/t15-,16-,19+/m0/s1. The molecule has 1 aromatic carbocycles. The van der Waals surface area contributed by atoms with Crippen LogP contribution in [0.25, 0.3) is 0 Å². The molecule has 2 fully saturated rings. The predicted molar refractivity (Wildman–Crippen MR) is 106 cm³/mol. The fourth-order valence-corrected chi connectivity index (χ4v) is 5.65. The topological polar surface area (TPSA) is 83.1 Å². The molecule has 7 heteroatoms. The van der Waals surface area contributed by atoms with E-state index in [9.17, 15) is 13.2 Å². The minimum absolute atomic E-state index is 0.0390. The second kappa shape index (κ2) is 8.71. The lowest BCUT2D eigenvalue weighted by molar-refractivity contribution is -0.714. The highest BCUT2D eigenvalue weighted by molar-refractivity contribution is 7.89. The maximum Gasteiger partial charge on any atom is 0.282 e. The maximum absolute atomic E-state index is 12.6. The van der Waals surface area contributed by atoms with Crippen LogP contribution in [0.3, 0.4) is 0 Å². The molecule has 2 aliphatic rings. The monoisotopic (exact) mass is 394 g/mol. The number of nitrogens with one attached hydrogen (secondary N) is 1. The predicted octanol–water partition coefficient (Wildman–Crippen LogP) is 1.94. The first-order chi connectivity index (χ1) is 12.9. The van der Waals surface area contributed by atoms with E-state index >= 15 is 0 Å². The van der Waals surface area contributed by atoms with Crippen molar-refractivity contribution in [3.8, 4) is 0 Å². The van der Waals surface area contributed by atoms with Gasteiger partial charge >= 0.3 is 0 Å². The van der Waals surface area contributed by atoms with Crippen molar-refractivity contribution in [3.05, 3.63) is 24.3 Å². The highest BCUT2D eigenvalue weighted by atomic mass is 32.2. The third kappa shape index (κ3) is 4.89. The number of carbonyl (C=O) groups is 1. The number of nitrogens with zero attached hydrogens (tertiary/aromatic N) is 1. The van der Waals surface area contributed by atoms with Crippen molar-refractivity contribution in [1.29, 1.82) is 0 Å². The summed E-state index contributed by atoms with van der Waals surface area (Å²) >= 11 is 0. The van der Waals surface area contributed by atoms with Gasteiger partial charge in [-0.2, -0.15) is 4.31 Å². The second-order valence-electron chi connectivity index (χ2n) is 8.03. The van der Waals surface area contributed by atoms with E-state index in [-0.39, 0.29) is 16.8 Å². The van der Waals surface area contributed by atoms with Gasteiger partial charge in [0.1, 0.15) is 0 Å². The van der Waals surface area contributed by atoms with Crippen molar-refractivity contribution < 1.29 is 18.5 Å². The molecule has 1 saturated heterocycles. The lowest BCUT2D eigenvalue weighted by Gasteiger charge is -2.28. The van der Waals surface area contributed by atoms with Gasteiger partial charge in [-0.05, 0) is 63.3 Å². The number of sulfonamides is 1. The molecule has 0 radical (unpaired) electrons. The Kier molecular flexibility index (Phi) is 6.55. The molecule has 0 aromatic heterocycles. The van der Waals surface area contributed by atoms with Gasteiger partial charge in [-0.3, -0.25) is 4.79 Å². The molecule has 3 rings (SSSR count). The average molecular weight is 395 g/mol. The van der Waals surface area contributed by atoms with E-state index in [4.69, 9.17) is 0 Å². The summed E-state index contributed by atoms with van der Waals surface area (Å²) in [6.07, 6.45) is 6.78. The fourth-order valence-electron chi connectivity index (χ4n) is 4.13. The molecule has 3 N–H and O–H groups in total. The Morgan fingerprint density at radius 3 is 2.37 bits per heavy atom. The summed E-state index contributed by atoms with van der Waals surface area (Å²) in [6.45, 7) is 5.38. The Morgan fingerprint density at radius 1 is 1.11 bits per heavy atom. The van der Waals surface area contributed by atoms with Crippen molar-refractivity contribution in [2.45, 2.75) is 69.4 Å². The van der Waals surface area contributed by atoms with Gasteiger partial charge in [-0.1, -0.05) is 13.3 Å². The molecule has 1 aromatic rings. The smallest absolute Gasteiger partial charge is 0.282 e. The molecule has 0 unspecified atom stereocenters. The SMILES string of the molecule is C[C@H]([NH2+][C@@H]1CCCC[C@@H]1C)C(=O)Nc1ccc(S(=O)(=O)N2CCCC2)cc1. The number of benzene rings is 1. The highest BCUT2D eigenvalue weighted by Crippen LogP contribution is 2.23. The van der Waals surface area contributed by atoms with E-state index in [1.165, 1.54) is 30.0 Å². The molecule has 1 aliphatic heterocycles. The quantitative estimate of drug-likeness (QED) is 0.773. The third-order valence-corrected chi connectivity index (χ3v) is 7.86. The van der Waals surface area contributed by atoms with Crippen LogP contribution in [0.2, 0.25) is 0 Å². The first kappa shape index (κ1) is 20.3. The summed E-state index contributed by atoms with van der Waals surface area (Å²) in [5.74, 6) is 0.604. The zero-order valence-electron chi connectivity index (χ0n) is 16.4. The fraction of sp³-hybridized carbons (Fsp3) is 0.650. The highest BCUT2D eigenvalue weighted by Gasteiger charge is 2.29. The van der Waals surface area contributed by atoms with E-state index in [1.54, 1.807) is 24.3 Å². The van der Waals surface area contributed by atoms with Crippen LogP contribution in [0.5, 0.6) is 0 Å². The Morgan fingerprint density at radius 2 is 1.74 bits per heavy atom. The third-order valence-electron chi connectivity index (χ3n) is 5.95. The van der Waals surface area contributed by atoms with Crippen LogP contribution in [-0.2, 0) is 14.8 Å². The molecule has 1 heterocycles. The molecule has 0 spiro atoms. The number of quaternary nitrogens is 1. The summed E-state index contributed by atoms with van der Waals surface area (Å²) in [7, 11) is -3.41. The molecule has 150 valence electrons. The zero-order chi connectivity index (χ0) is 19.4. The van der Waals surface area contributed by atoms with E-state index < -0.39 is 10.0 Å². The average Bonchev–Trinajstić information content (AvgIpc) is 3.19. The molecule has 6 nitrogen and oxygen atoms in total. The molecule has 3 atom stereocenters. The number of carbonyl (C=O) groups excluding carboxylic acids is 1. The van der Waals surface area contributed by atoms with Crippen LogP contribution < -0.4 is 10.6 Å². The van der Waals surface area contributed by atoms with E-state index in [2.05, 4.69) is 17.6 Å². The van der Waals surface area contributed by atoms with Crippen LogP contribution >= 0.6 is 0 Å². The molecule has 0 bridgehead atoms. The van der Waals surface area contributed by atoms with Gasteiger partial charge in [-0.15, -0.1) is 0 Å². The summed E-state index contributed by atoms with van der Waals surface area (Å²) in [5, 5.41) is 5.10. The van der Waals surface area contributed by atoms with E-state index in [0.717, 1.165) is 12.8 Å². The second-order valence-corrected chi connectivity index (χ2v) is 9.97. The van der Waals surface area contributed by atoms with Gasteiger partial charge in [0.15, 0.2) is 6.04 Å². The lowest BCUT2D eigenvalue weighted by atomic mass is 9.85. The van der Waals surface area contributed by atoms with Crippen molar-refractivity contribution in [3.63, 3.8) is 0 Å². The lowest BCUT2D eigenvalue weighted by Crippen LogP contribution is -2.97. The number of hydrogen-bond donors (Lipinski definition) is 2. The van der Waals surface area contributed by atoms with Crippen LogP contribution in [-0.4, -0.2) is 43.8 Å². The Bertz CT molecular complexity index is 742. The van der Waals surface area contributed by atoms with Crippen LogP contribution in [0.1, 0.15) is 52.4 Å². The summed E-state index contributed by atoms with van der Waals surface area (Å²) in [4.78, 5) is 12.8. The number of amides is 1. The van der Waals surface area contributed by atoms with Crippen molar-refractivity contribution >= 4 is 21.6 Å². The number of anilines is 1. The van der Waals surface area contributed by atoms with Crippen molar-refractivity contribution in [2.24, 2.45) is 5.92 Å². The van der Waals surface area contributed by atoms with Gasteiger partial charge < -0.3 is 10.6 Å². The first-order valence-corrected chi connectivity index (χ1v) is 11.6. The number of nitrogens with two attached hydrogens (primary N) is 1. The Balaban J connectivity index is 1.58. The van der Waals surface area contributed by atoms with Crippen molar-refractivity contribution in [1.82, 2.24) is 4.31 Å². The van der Waals surface area contributed by atoms with Crippen LogP contribution in [0.15, 0.2) is 29.2 Å². The van der Waals surface area contributed by atoms with Gasteiger partial charge in [-0.25, -0.2) is 8.42 Å². The minimum Gasteiger partial charge on any atom is -0.334 e. The zero-order valence-corrected chi connectivity index (χ0v) is 17.2. The summed E-state index contributed by atoms with van der Waals surface area (Å²) in [6, 6.07) is 6.87. The molecular formula is C20H32N3O3S+. The molecule has 27 heavy (non-hydrogen) atoms. The van der Waals surface area contributed by atoms with Crippen LogP contribution in [0, 0.1) is 5.92 Å². The van der Waals surface area contributed by atoms with Gasteiger partial charge in [0.2, 0.25) is 10.0 Å². The molecule has 1 aliphatic carbocycles. The number of rotatable bonds is 6. The van der Waals surface area contributed by atoms with Gasteiger partial charge in [0, 0.05) is 24.7 Å². The minimum atomic E-state index is -3.41. The maximum atomic E-state index is 12.6. The summed E-state index contributed by atoms with van der Waals surface area (Å²) in [5.41, 5.74) is 0.636.